The Morgan fingerprint density at radius 2 is 2.17 bits per heavy atom. The Balaban J connectivity index is 1.48. The van der Waals surface area contributed by atoms with Crippen LogP contribution < -0.4 is 9.03 Å². The third-order valence-corrected chi connectivity index (χ3v) is 6.61. The van der Waals surface area contributed by atoms with Crippen molar-refractivity contribution in [1.82, 2.24) is 19.6 Å². The van der Waals surface area contributed by atoms with Crippen LogP contribution in [0.25, 0.3) is 0 Å². The molecule has 1 amide bonds. The Kier molecular flexibility index (Phi) is 5.17. The number of imidazole rings is 1. The third-order valence-electron chi connectivity index (χ3n) is 5.23. The first kappa shape index (κ1) is 19.6. The maximum atomic E-state index is 14.7. The molecular formula is C18H22FN5O4S. The van der Waals surface area contributed by atoms with Gasteiger partial charge < -0.3 is 10.1 Å². The number of anilines is 1. The highest BCUT2D eigenvalue weighted by atomic mass is 32.2. The van der Waals surface area contributed by atoms with Gasteiger partial charge >= 0.3 is 10.2 Å². The van der Waals surface area contributed by atoms with Crippen LogP contribution in [0.4, 0.5) is 10.1 Å². The lowest BCUT2D eigenvalue weighted by Crippen LogP contribution is -2.36. The fraction of sp³-hybridized carbons (Fsp3) is 0.444. The second kappa shape index (κ2) is 7.64. The van der Waals surface area contributed by atoms with E-state index in [0.717, 1.165) is 38.3 Å². The van der Waals surface area contributed by atoms with Crippen LogP contribution in [0.3, 0.4) is 0 Å². The lowest BCUT2D eigenvalue weighted by atomic mass is 9.91. The summed E-state index contributed by atoms with van der Waals surface area (Å²) >= 11 is 0. The van der Waals surface area contributed by atoms with Crippen molar-refractivity contribution in [2.24, 2.45) is 5.92 Å². The van der Waals surface area contributed by atoms with Gasteiger partial charge in [0.2, 0.25) is 0 Å². The molecule has 0 radical (unpaired) electrons. The van der Waals surface area contributed by atoms with E-state index in [-0.39, 0.29) is 5.92 Å². The number of rotatable bonds is 5. The van der Waals surface area contributed by atoms with Crippen LogP contribution in [0.2, 0.25) is 0 Å². The largest absolute Gasteiger partial charge is 0.506 e. The summed E-state index contributed by atoms with van der Waals surface area (Å²) in [5.41, 5.74) is 0.0830. The van der Waals surface area contributed by atoms with Crippen molar-refractivity contribution in [1.29, 1.82) is 0 Å². The molecule has 2 aromatic rings. The first-order chi connectivity index (χ1) is 13.8. The molecule has 0 saturated carbocycles. The number of carbonyl (C=O) groups is 1. The summed E-state index contributed by atoms with van der Waals surface area (Å²) in [7, 11) is -4.19. The Morgan fingerprint density at radius 3 is 2.83 bits per heavy atom. The molecule has 29 heavy (non-hydrogen) atoms. The van der Waals surface area contributed by atoms with Gasteiger partial charge in [-0.25, -0.2) is 18.4 Å². The molecule has 2 saturated heterocycles. The second-order valence-electron chi connectivity index (χ2n) is 7.47. The third kappa shape index (κ3) is 4.20. The van der Waals surface area contributed by atoms with Crippen molar-refractivity contribution in [3.8, 4) is 5.75 Å². The molecule has 2 fully saturated rings. The van der Waals surface area contributed by atoms with E-state index < -0.39 is 39.9 Å². The predicted molar refractivity (Wildman–Crippen MR) is 103 cm³/mol. The molecule has 1 unspecified atom stereocenters. The van der Waals surface area contributed by atoms with E-state index >= 15 is 0 Å². The molecule has 0 spiro atoms. The lowest BCUT2D eigenvalue weighted by molar-refractivity contribution is -0.117. The van der Waals surface area contributed by atoms with Crippen LogP contribution in [0.5, 0.6) is 5.75 Å². The van der Waals surface area contributed by atoms with E-state index in [4.69, 9.17) is 0 Å². The van der Waals surface area contributed by atoms with Gasteiger partial charge in [0.25, 0.3) is 5.91 Å². The molecule has 3 heterocycles. The van der Waals surface area contributed by atoms with Gasteiger partial charge in [-0.1, -0.05) is 0 Å². The Bertz CT molecular complexity index is 988. The molecule has 9 nitrogen and oxygen atoms in total. The summed E-state index contributed by atoms with van der Waals surface area (Å²) in [6.45, 7) is 1.94. The summed E-state index contributed by atoms with van der Waals surface area (Å²) in [6.07, 6.45) is 6.06. The Morgan fingerprint density at radius 1 is 1.34 bits per heavy atom. The number of carbonyl (C=O) groups excluding carboxylic acids is 1. The minimum Gasteiger partial charge on any atom is -0.506 e. The molecule has 156 valence electrons. The highest BCUT2D eigenvalue weighted by Crippen LogP contribution is 2.35. The molecule has 0 bridgehead atoms. The Hall–Kier alpha value is -2.66. The number of H-pyrrole nitrogens is 1. The van der Waals surface area contributed by atoms with Gasteiger partial charge in [-0.15, -0.1) is 0 Å². The number of aromatic amines is 1. The van der Waals surface area contributed by atoms with Crippen molar-refractivity contribution >= 4 is 21.8 Å². The van der Waals surface area contributed by atoms with Crippen LogP contribution in [-0.4, -0.2) is 53.9 Å². The average Bonchev–Trinajstić information content (AvgIpc) is 3.22. The SMILES string of the molecule is O=C1CN(c2c(O)cc(CC3CCCN(Cc4ncc[nH]4)C3)cc2F)S(=O)(=O)N1. The van der Waals surface area contributed by atoms with Gasteiger partial charge in [0.1, 0.15) is 23.8 Å². The molecule has 2 aliphatic rings. The van der Waals surface area contributed by atoms with Crippen LogP contribution in [0, 0.1) is 11.7 Å². The number of piperidine rings is 1. The molecule has 3 N–H and O–H groups in total. The molecule has 1 atom stereocenters. The smallest absolute Gasteiger partial charge is 0.326 e. The quantitative estimate of drug-likeness (QED) is 0.657. The first-order valence-corrected chi connectivity index (χ1v) is 10.8. The minimum absolute atomic E-state index is 0.280. The zero-order chi connectivity index (χ0) is 20.6. The number of phenolic OH excluding ortho intramolecular Hbond substituents is 1. The van der Waals surface area contributed by atoms with Crippen LogP contribution in [0.1, 0.15) is 24.2 Å². The number of hydrogen-bond donors (Lipinski definition) is 3. The fourth-order valence-corrected chi connectivity index (χ4v) is 5.21. The number of hydrogen-bond acceptors (Lipinski definition) is 6. The van der Waals surface area contributed by atoms with Gasteiger partial charge in [0.15, 0.2) is 5.82 Å². The number of phenols is 1. The first-order valence-electron chi connectivity index (χ1n) is 9.37. The van der Waals surface area contributed by atoms with E-state index in [0.29, 0.717) is 16.3 Å². The van der Waals surface area contributed by atoms with E-state index in [1.807, 2.05) is 0 Å². The number of nitrogens with zero attached hydrogens (tertiary/aromatic N) is 3. The zero-order valence-corrected chi connectivity index (χ0v) is 16.5. The molecule has 11 heteroatoms. The molecule has 1 aromatic carbocycles. The molecule has 1 aromatic heterocycles. The summed E-state index contributed by atoms with van der Waals surface area (Å²) in [6, 6.07) is 2.61. The number of aromatic nitrogens is 2. The standard InChI is InChI=1S/C18H22FN5O4S/c19-14-7-13(8-15(25)18(14)24-11-17(26)22-29(24,27)28)6-12-2-1-5-23(9-12)10-16-20-3-4-21-16/h3-4,7-8,12,25H,1-2,5-6,9-11H2,(H,20,21)(H,22,26). The van der Waals surface area contributed by atoms with Crippen molar-refractivity contribution in [3.05, 3.63) is 41.7 Å². The monoisotopic (exact) mass is 423 g/mol. The molecule has 0 aliphatic carbocycles. The van der Waals surface area contributed by atoms with Crippen LogP contribution in [0.15, 0.2) is 24.5 Å². The van der Waals surface area contributed by atoms with Gasteiger partial charge in [-0.05, 0) is 49.4 Å². The summed E-state index contributed by atoms with van der Waals surface area (Å²) < 4.78 is 40.9. The van der Waals surface area contributed by atoms with Crippen molar-refractivity contribution < 1.29 is 22.7 Å². The lowest BCUT2D eigenvalue weighted by Gasteiger charge is -2.32. The molecule has 2 aliphatic heterocycles. The number of amides is 1. The number of halogens is 1. The van der Waals surface area contributed by atoms with Crippen LogP contribution in [-0.2, 0) is 28.0 Å². The number of nitrogens with one attached hydrogen (secondary N) is 2. The summed E-state index contributed by atoms with van der Waals surface area (Å²) in [4.78, 5) is 21.0. The van der Waals surface area contributed by atoms with Crippen molar-refractivity contribution in [3.63, 3.8) is 0 Å². The summed E-state index contributed by atoms with van der Waals surface area (Å²) in [5, 5.41) is 10.3. The van der Waals surface area contributed by atoms with Gasteiger partial charge in [0.05, 0.1) is 6.54 Å². The summed E-state index contributed by atoms with van der Waals surface area (Å²) in [5.74, 6) is -0.964. The minimum atomic E-state index is -4.19. The van der Waals surface area contributed by atoms with E-state index in [1.165, 1.54) is 12.1 Å². The zero-order valence-electron chi connectivity index (χ0n) is 15.6. The molecular weight excluding hydrogens is 401 g/mol. The normalized spacial score (nSPS) is 22.0. The number of benzene rings is 1. The van der Waals surface area contributed by atoms with Gasteiger partial charge in [-0.2, -0.15) is 8.42 Å². The number of likely N-dealkylation sites (tertiary alicyclic amines) is 1. The van der Waals surface area contributed by atoms with Gasteiger partial charge in [0, 0.05) is 18.9 Å². The molecule has 4 rings (SSSR count). The second-order valence-corrected chi connectivity index (χ2v) is 9.06. The highest BCUT2D eigenvalue weighted by molar-refractivity contribution is 7.92. The average molecular weight is 423 g/mol. The van der Waals surface area contributed by atoms with Crippen molar-refractivity contribution in [2.45, 2.75) is 25.8 Å². The number of aromatic hydroxyl groups is 1. The maximum Gasteiger partial charge on any atom is 0.326 e. The topological polar surface area (TPSA) is 119 Å². The maximum absolute atomic E-state index is 14.7. The van der Waals surface area contributed by atoms with E-state index in [2.05, 4.69) is 14.9 Å². The van der Waals surface area contributed by atoms with E-state index in [9.17, 15) is 22.7 Å². The van der Waals surface area contributed by atoms with Crippen molar-refractivity contribution in [2.75, 3.05) is 23.9 Å². The van der Waals surface area contributed by atoms with Crippen LogP contribution >= 0.6 is 0 Å². The van der Waals surface area contributed by atoms with E-state index in [1.54, 1.807) is 17.1 Å². The predicted octanol–water partition coefficient (Wildman–Crippen LogP) is 0.890. The van der Waals surface area contributed by atoms with Gasteiger partial charge in [-0.3, -0.25) is 9.69 Å². The Labute approximate surface area is 167 Å². The fourth-order valence-electron chi connectivity index (χ4n) is 4.04. The highest BCUT2D eigenvalue weighted by Gasteiger charge is 2.37.